The van der Waals surface area contributed by atoms with Crippen LogP contribution in [-0.4, -0.2) is 36.3 Å². The van der Waals surface area contributed by atoms with Crippen LogP contribution in [0.2, 0.25) is 0 Å². The van der Waals surface area contributed by atoms with Crippen LogP contribution in [0.1, 0.15) is 48.2 Å². The average Bonchev–Trinajstić information content (AvgIpc) is 3.20. The number of hydrogen-bond acceptors (Lipinski definition) is 3. The second-order valence-corrected chi connectivity index (χ2v) is 8.05. The van der Waals surface area contributed by atoms with Crippen molar-refractivity contribution >= 4 is 11.8 Å². The Bertz CT molecular complexity index is 788. The number of amides is 2. The SMILES string of the molecule is Cc1cccc(C(C)(C)CNC(=O)C2CCN(C(=O)c3ccoc3)CC2)c1. The van der Waals surface area contributed by atoms with Crippen molar-refractivity contribution in [2.45, 2.75) is 39.0 Å². The first kappa shape index (κ1) is 19.2. The van der Waals surface area contributed by atoms with E-state index in [0.29, 0.717) is 38.0 Å². The monoisotopic (exact) mass is 368 g/mol. The summed E-state index contributed by atoms with van der Waals surface area (Å²) in [5, 5.41) is 3.12. The van der Waals surface area contributed by atoms with E-state index in [1.165, 1.54) is 23.7 Å². The maximum Gasteiger partial charge on any atom is 0.257 e. The van der Waals surface area contributed by atoms with Crippen LogP contribution in [0.3, 0.4) is 0 Å². The van der Waals surface area contributed by atoms with E-state index in [1.807, 2.05) is 0 Å². The van der Waals surface area contributed by atoms with Crippen molar-refractivity contribution in [3.8, 4) is 0 Å². The van der Waals surface area contributed by atoms with Crippen LogP contribution in [0.25, 0.3) is 0 Å². The molecule has 0 saturated carbocycles. The zero-order valence-corrected chi connectivity index (χ0v) is 16.3. The number of likely N-dealkylation sites (tertiary alicyclic amines) is 1. The summed E-state index contributed by atoms with van der Waals surface area (Å²) in [6, 6.07) is 10.1. The number of benzene rings is 1. The lowest BCUT2D eigenvalue weighted by Crippen LogP contribution is -2.45. The molecular formula is C22H28N2O3. The lowest BCUT2D eigenvalue weighted by Gasteiger charge is -2.32. The van der Waals surface area contributed by atoms with Crippen LogP contribution < -0.4 is 5.32 Å². The highest BCUT2D eigenvalue weighted by molar-refractivity contribution is 5.94. The second kappa shape index (κ2) is 7.99. The van der Waals surface area contributed by atoms with Gasteiger partial charge in [-0.05, 0) is 31.4 Å². The molecule has 144 valence electrons. The van der Waals surface area contributed by atoms with Gasteiger partial charge in [-0.3, -0.25) is 9.59 Å². The van der Waals surface area contributed by atoms with Crippen molar-refractivity contribution in [2.24, 2.45) is 5.92 Å². The lowest BCUT2D eigenvalue weighted by atomic mass is 9.83. The molecule has 2 heterocycles. The molecule has 0 atom stereocenters. The molecule has 0 spiro atoms. The van der Waals surface area contributed by atoms with Gasteiger partial charge in [-0.1, -0.05) is 43.7 Å². The first-order valence-electron chi connectivity index (χ1n) is 9.53. The Morgan fingerprint density at radius 2 is 1.96 bits per heavy atom. The van der Waals surface area contributed by atoms with E-state index >= 15 is 0 Å². The molecule has 0 aliphatic carbocycles. The number of aryl methyl sites for hydroxylation is 1. The molecule has 1 aliphatic rings. The van der Waals surface area contributed by atoms with E-state index < -0.39 is 0 Å². The van der Waals surface area contributed by atoms with Gasteiger partial charge < -0.3 is 14.6 Å². The lowest BCUT2D eigenvalue weighted by molar-refractivity contribution is -0.126. The third-order valence-electron chi connectivity index (χ3n) is 5.43. The molecule has 1 aromatic carbocycles. The maximum atomic E-state index is 12.6. The largest absolute Gasteiger partial charge is 0.472 e. The maximum absolute atomic E-state index is 12.6. The third-order valence-corrected chi connectivity index (χ3v) is 5.43. The van der Waals surface area contributed by atoms with Gasteiger partial charge in [-0.15, -0.1) is 0 Å². The minimum atomic E-state index is -0.125. The summed E-state index contributed by atoms with van der Waals surface area (Å²) in [7, 11) is 0. The number of piperidine rings is 1. The average molecular weight is 368 g/mol. The molecule has 1 N–H and O–H groups in total. The number of hydrogen-bond donors (Lipinski definition) is 1. The predicted molar refractivity (Wildman–Crippen MR) is 105 cm³/mol. The summed E-state index contributed by atoms with van der Waals surface area (Å²) in [5.41, 5.74) is 2.89. The summed E-state index contributed by atoms with van der Waals surface area (Å²) in [4.78, 5) is 26.8. The van der Waals surface area contributed by atoms with Crippen LogP contribution >= 0.6 is 0 Å². The predicted octanol–water partition coefficient (Wildman–Crippen LogP) is 3.53. The Morgan fingerprint density at radius 1 is 1.22 bits per heavy atom. The van der Waals surface area contributed by atoms with Crippen LogP contribution in [0.4, 0.5) is 0 Å². The molecule has 5 heteroatoms. The fourth-order valence-corrected chi connectivity index (χ4v) is 3.53. The smallest absolute Gasteiger partial charge is 0.257 e. The van der Waals surface area contributed by atoms with Gasteiger partial charge in [-0.25, -0.2) is 0 Å². The highest BCUT2D eigenvalue weighted by atomic mass is 16.3. The number of carbonyl (C=O) groups excluding carboxylic acids is 2. The summed E-state index contributed by atoms with van der Waals surface area (Å²) in [5.74, 6) is 0.0287. The van der Waals surface area contributed by atoms with Crippen LogP contribution in [-0.2, 0) is 10.2 Å². The van der Waals surface area contributed by atoms with Gasteiger partial charge in [0.15, 0.2) is 0 Å². The molecular weight excluding hydrogens is 340 g/mol. The van der Waals surface area contributed by atoms with Gasteiger partial charge in [0, 0.05) is 31.0 Å². The van der Waals surface area contributed by atoms with Crippen LogP contribution in [0, 0.1) is 12.8 Å². The molecule has 0 bridgehead atoms. The first-order valence-corrected chi connectivity index (χ1v) is 9.53. The Labute approximate surface area is 160 Å². The minimum Gasteiger partial charge on any atom is -0.472 e. The van der Waals surface area contributed by atoms with Crippen molar-refractivity contribution in [1.82, 2.24) is 10.2 Å². The van der Waals surface area contributed by atoms with Crippen molar-refractivity contribution in [2.75, 3.05) is 19.6 Å². The summed E-state index contributed by atoms with van der Waals surface area (Å²) in [6.07, 6.45) is 4.36. The molecule has 1 fully saturated rings. The summed E-state index contributed by atoms with van der Waals surface area (Å²) in [6.45, 7) is 8.18. The van der Waals surface area contributed by atoms with Crippen molar-refractivity contribution in [1.29, 1.82) is 0 Å². The first-order chi connectivity index (χ1) is 12.9. The van der Waals surface area contributed by atoms with Crippen LogP contribution in [0.5, 0.6) is 0 Å². The number of nitrogens with one attached hydrogen (secondary N) is 1. The molecule has 5 nitrogen and oxygen atoms in total. The molecule has 2 amide bonds. The van der Waals surface area contributed by atoms with E-state index in [1.54, 1.807) is 11.0 Å². The van der Waals surface area contributed by atoms with Crippen LogP contribution in [0.15, 0.2) is 47.3 Å². The summed E-state index contributed by atoms with van der Waals surface area (Å²) >= 11 is 0. The Hall–Kier alpha value is -2.56. The fourth-order valence-electron chi connectivity index (χ4n) is 3.53. The van der Waals surface area contributed by atoms with E-state index in [2.05, 4.69) is 50.4 Å². The fraction of sp³-hybridized carbons (Fsp3) is 0.455. The zero-order chi connectivity index (χ0) is 19.4. The molecule has 0 unspecified atom stereocenters. The normalized spacial score (nSPS) is 15.6. The number of carbonyl (C=O) groups is 2. The molecule has 27 heavy (non-hydrogen) atoms. The number of rotatable bonds is 5. The second-order valence-electron chi connectivity index (χ2n) is 8.05. The topological polar surface area (TPSA) is 62.6 Å². The molecule has 1 aromatic heterocycles. The van der Waals surface area contributed by atoms with E-state index in [4.69, 9.17) is 4.42 Å². The molecule has 1 aliphatic heterocycles. The highest BCUT2D eigenvalue weighted by Crippen LogP contribution is 2.24. The Kier molecular flexibility index (Phi) is 5.68. The summed E-state index contributed by atoms with van der Waals surface area (Å²) < 4.78 is 4.98. The molecule has 2 aromatic rings. The standard InChI is InChI=1S/C22H28N2O3/c1-16-5-4-6-19(13-16)22(2,3)15-23-20(25)17-7-10-24(11-8-17)21(26)18-9-12-27-14-18/h4-6,9,12-14,17H,7-8,10-11,15H2,1-3H3,(H,23,25). The molecule has 1 saturated heterocycles. The van der Waals surface area contributed by atoms with Gasteiger partial charge in [-0.2, -0.15) is 0 Å². The number of nitrogens with zero attached hydrogens (tertiary/aromatic N) is 1. The Balaban J connectivity index is 1.50. The van der Waals surface area contributed by atoms with E-state index in [-0.39, 0.29) is 23.1 Å². The van der Waals surface area contributed by atoms with E-state index in [9.17, 15) is 9.59 Å². The van der Waals surface area contributed by atoms with Gasteiger partial charge in [0.05, 0.1) is 11.8 Å². The van der Waals surface area contributed by atoms with Gasteiger partial charge >= 0.3 is 0 Å². The van der Waals surface area contributed by atoms with Crippen molar-refractivity contribution in [3.05, 3.63) is 59.5 Å². The number of furan rings is 1. The minimum absolute atomic E-state index is 0.0248. The van der Waals surface area contributed by atoms with Gasteiger partial charge in [0.2, 0.25) is 5.91 Å². The highest BCUT2D eigenvalue weighted by Gasteiger charge is 2.29. The van der Waals surface area contributed by atoms with Crippen molar-refractivity contribution in [3.63, 3.8) is 0 Å². The van der Waals surface area contributed by atoms with Crippen molar-refractivity contribution < 1.29 is 14.0 Å². The van der Waals surface area contributed by atoms with Gasteiger partial charge in [0.1, 0.15) is 6.26 Å². The van der Waals surface area contributed by atoms with Gasteiger partial charge in [0.25, 0.3) is 5.91 Å². The quantitative estimate of drug-likeness (QED) is 0.878. The Morgan fingerprint density at radius 3 is 2.59 bits per heavy atom. The zero-order valence-electron chi connectivity index (χ0n) is 16.3. The molecule has 3 rings (SSSR count). The van der Waals surface area contributed by atoms with E-state index in [0.717, 1.165) is 0 Å². The third kappa shape index (κ3) is 4.59. The molecule has 0 radical (unpaired) electrons.